The van der Waals surface area contributed by atoms with Gasteiger partial charge in [-0.05, 0) is 44.0 Å². The normalized spacial score (nSPS) is 28.7. The van der Waals surface area contributed by atoms with Gasteiger partial charge in [0.1, 0.15) is 29.7 Å². The molecule has 2 fully saturated rings. The number of aliphatic hydroxyl groups is 1. The molecule has 0 spiro atoms. The molecule has 9 heteroatoms. The summed E-state index contributed by atoms with van der Waals surface area (Å²) in [6.07, 6.45) is 2.29. The fourth-order valence-corrected chi connectivity index (χ4v) is 4.89. The van der Waals surface area contributed by atoms with E-state index in [1.165, 1.54) is 18.5 Å². The van der Waals surface area contributed by atoms with Gasteiger partial charge >= 0.3 is 0 Å². The van der Waals surface area contributed by atoms with Crippen LogP contribution < -0.4 is 5.73 Å². The summed E-state index contributed by atoms with van der Waals surface area (Å²) in [5, 5.41) is 11.9. The molecule has 3 N–H and O–H groups in total. The number of benzene rings is 1. The van der Waals surface area contributed by atoms with Crippen LogP contribution in [0.2, 0.25) is 5.02 Å². The second-order valence-electron chi connectivity index (χ2n) is 8.37. The average molecular weight is 433 g/mol. The van der Waals surface area contributed by atoms with Crippen LogP contribution in [0.15, 0.2) is 36.8 Å². The Kier molecular flexibility index (Phi) is 4.52. The Balaban J connectivity index is 1.54. The molecule has 7 nitrogen and oxygen atoms in total. The molecule has 1 aliphatic heterocycles. The largest absolute Gasteiger partial charge is 0.388 e. The van der Waals surface area contributed by atoms with E-state index in [2.05, 4.69) is 9.97 Å². The molecular formula is C21H22ClFN4O3. The number of hydrogen-bond acceptors (Lipinski definition) is 6. The molecule has 0 radical (unpaired) electrons. The topological polar surface area (TPSA) is 95.4 Å². The molecule has 1 aromatic carbocycles. The number of nitrogen functional groups attached to an aromatic ring is 1. The van der Waals surface area contributed by atoms with Gasteiger partial charge < -0.3 is 24.9 Å². The Labute approximate surface area is 177 Å². The minimum Gasteiger partial charge on any atom is -0.388 e. The minimum absolute atomic E-state index is 0.0193. The SMILES string of the molecule is CC1(C)O[C@@H]2[C@@H]([C@@H](O)c3ccc(Cl)c(F)c3)C[C@@H](n3ccc4c(N)ncnc43)[C@@H]2O1. The number of nitrogens with two attached hydrogens (primary N) is 1. The Morgan fingerprint density at radius 3 is 2.80 bits per heavy atom. The number of fused-ring (bicyclic) bond motifs is 2. The fraction of sp³-hybridized carbons (Fsp3) is 0.429. The molecule has 30 heavy (non-hydrogen) atoms. The Hall–Kier alpha value is -2.26. The van der Waals surface area contributed by atoms with Gasteiger partial charge in [-0.3, -0.25) is 0 Å². The van der Waals surface area contributed by atoms with Crippen molar-refractivity contribution in [2.45, 2.75) is 50.4 Å². The van der Waals surface area contributed by atoms with E-state index in [1.54, 1.807) is 6.07 Å². The molecule has 2 aliphatic rings. The van der Waals surface area contributed by atoms with E-state index in [9.17, 15) is 9.50 Å². The molecule has 0 bridgehead atoms. The summed E-state index contributed by atoms with van der Waals surface area (Å²) in [5.41, 5.74) is 7.15. The first-order valence-corrected chi connectivity index (χ1v) is 10.2. The van der Waals surface area contributed by atoms with Gasteiger partial charge in [-0.25, -0.2) is 14.4 Å². The van der Waals surface area contributed by atoms with Crippen LogP contribution in [0.1, 0.15) is 38.0 Å². The third-order valence-corrected chi connectivity index (χ3v) is 6.37. The Morgan fingerprint density at radius 1 is 1.27 bits per heavy atom. The first-order valence-electron chi connectivity index (χ1n) is 9.81. The highest BCUT2D eigenvalue weighted by atomic mass is 35.5. The molecule has 0 amide bonds. The van der Waals surface area contributed by atoms with Crippen LogP contribution in [-0.2, 0) is 9.47 Å². The highest BCUT2D eigenvalue weighted by molar-refractivity contribution is 6.30. The molecule has 3 aromatic rings. The van der Waals surface area contributed by atoms with Crippen LogP contribution in [0, 0.1) is 11.7 Å². The van der Waals surface area contributed by atoms with E-state index < -0.39 is 17.7 Å². The lowest BCUT2D eigenvalue weighted by Gasteiger charge is -2.27. The van der Waals surface area contributed by atoms with Crippen LogP contribution in [0.5, 0.6) is 0 Å². The van der Waals surface area contributed by atoms with Crippen LogP contribution in [0.25, 0.3) is 11.0 Å². The van der Waals surface area contributed by atoms with Crippen LogP contribution >= 0.6 is 11.6 Å². The van der Waals surface area contributed by atoms with Crippen molar-refractivity contribution in [1.29, 1.82) is 0 Å². The highest BCUT2D eigenvalue weighted by Gasteiger charge is 2.56. The lowest BCUT2D eigenvalue weighted by Crippen LogP contribution is -2.29. The van der Waals surface area contributed by atoms with Crippen LogP contribution in [0.4, 0.5) is 10.2 Å². The van der Waals surface area contributed by atoms with E-state index in [1.807, 2.05) is 30.7 Å². The first kappa shape index (κ1) is 19.7. The molecule has 0 unspecified atom stereocenters. The van der Waals surface area contributed by atoms with E-state index in [0.29, 0.717) is 23.4 Å². The number of aromatic nitrogens is 3. The molecule has 5 atom stereocenters. The summed E-state index contributed by atoms with van der Waals surface area (Å²) in [6, 6.07) is 6.10. The van der Waals surface area contributed by atoms with Crippen molar-refractivity contribution >= 4 is 28.5 Å². The smallest absolute Gasteiger partial charge is 0.163 e. The minimum atomic E-state index is -0.937. The van der Waals surface area contributed by atoms with E-state index in [0.717, 1.165) is 5.39 Å². The van der Waals surface area contributed by atoms with E-state index in [-0.39, 0.29) is 29.2 Å². The van der Waals surface area contributed by atoms with Gasteiger partial charge in [0.05, 0.1) is 28.7 Å². The van der Waals surface area contributed by atoms with E-state index in [4.69, 9.17) is 26.8 Å². The molecule has 1 aliphatic carbocycles. The van der Waals surface area contributed by atoms with Gasteiger partial charge in [0.2, 0.25) is 0 Å². The second kappa shape index (κ2) is 6.88. The van der Waals surface area contributed by atoms with Crippen molar-refractivity contribution < 1.29 is 19.0 Å². The third-order valence-electron chi connectivity index (χ3n) is 6.07. The predicted octanol–water partition coefficient (Wildman–Crippen LogP) is 3.62. The van der Waals surface area contributed by atoms with Gasteiger partial charge in [0, 0.05) is 12.1 Å². The van der Waals surface area contributed by atoms with Crippen LogP contribution in [-0.4, -0.2) is 37.6 Å². The molecule has 1 saturated heterocycles. The van der Waals surface area contributed by atoms with Gasteiger partial charge in [0.15, 0.2) is 5.79 Å². The number of rotatable bonds is 3. The lowest BCUT2D eigenvalue weighted by molar-refractivity contribution is -0.165. The Morgan fingerprint density at radius 2 is 2.03 bits per heavy atom. The number of aliphatic hydroxyl groups excluding tert-OH is 1. The monoisotopic (exact) mass is 432 g/mol. The number of anilines is 1. The van der Waals surface area contributed by atoms with Crippen molar-refractivity contribution in [1.82, 2.24) is 14.5 Å². The number of halogens is 2. The van der Waals surface area contributed by atoms with Gasteiger partial charge in [-0.15, -0.1) is 0 Å². The quantitative estimate of drug-likeness (QED) is 0.656. The van der Waals surface area contributed by atoms with Crippen molar-refractivity contribution in [2.75, 3.05) is 5.73 Å². The lowest BCUT2D eigenvalue weighted by atomic mass is 9.92. The summed E-state index contributed by atoms with van der Waals surface area (Å²) in [6.45, 7) is 3.70. The van der Waals surface area contributed by atoms with Gasteiger partial charge in [-0.2, -0.15) is 0 Å². The predicted molar refractivity (Wildman–Crippen MR) is 109 cm³/mol. The summed E-state index contributed by atoms with van der Waals surface area (Å²) in [5.74, 6) is -1.26. The van der Waals surface area contributed by atoms with Gasteiger partial charge in [0.25, 0.3) is 0 Å². The molecule has 3 heterocycles. The number of nitrogens with zero attached hydrogens (tertiary/aromatic N) is 3. The zero-order chi connectivity index (χ0) is 21.2. The number of hydrogen-bond donors (Lipinski definition) is 2. The molecule has 2 aromatic heterocycles. The maximum Gasteiger partial charge on any atom is 0.163 e. The Bertz CT molecular complexity index is 1120. The van der Waals surface area contributed by atoms with Crippen molar-refractivity contribution in [3.63, 3.8) is 0 Å². The number of ether oxygens (including phenoxy) is 2. The zero-order valence-electron chi connectivity index (χ0n) is 16.5. The molecule has 5 rings (SSSR count). The molecule has 1 saturated carbocycles. The zero-order valence-corrected chi connectivity index (χ0v) is 17.3. The maximum absolute atomic E-state index is 14.0. The van der Waals surface area contributed by atoms with Crippen molar-refractivity contribution in [3.8, 4) is 0 Å². The van der Waals surface area contributed by atoms with Crippen LogP contribution in [0.3, 0.4) is 0 Å². The summed E-state index contributed by atoms with van der Waals surface area (Å²) >= 11 is 5.80. The fourth-order valence-electron chi connectivity index (χ4n) is 4.78. The van der Waals surface area contributed by atoms with Gasteiger partial charge in [-0.1, -0.05) is 17.7 Å². The third kappa shape index (κ3) is 3.06. The second-order valence-corrected chi connectivity index (χ2v) is 8.78. The molecule has 158 valence electrons. The molecular weight excluding hydrogens is 411 g/mol. The van der Waals surface area contributed by atoms with Crippen molar-refractivity contribution in [2.24, 2.45) is 5.92 Å². The summed E-state index contributed by atoms with van der Waals surface area (Å²) < 4.78 is 28.4. The summed E-state index contributed by atoms with van der Waals surface area (Å²) in [7, 11) is 0. The summed E-state index contributed by atoms with van der Waals surface area (Å²) in [4.78, 5) is 8.44. The standard InChI is InChI=1S/C21H22ClFN4O3/c1-21(2)29-17-12(16(28)10-3-4-13(22)14(23)7-10)8-15(18(17)30-21)27-6-5-11-19(24)25-9-26-20(11)27/h3-7,9,12,15-18,28H,8H2,1-2H3,(H2,24,25,26)/t12-,15-,16+,17-,18+/m1/s1. The van der Waals surface area contributed by atoms with Crippen molar-refractivity contribution in [3.05, 3.63) is 53.2 Å². The maximum atomic E-state index is 14.0. The first-order chi connectivity index (χ1) is 14.2. The average Bonchev–Trinajstić information content (AvgIpc) is 3.34. The highest BCUT2D eigenvalue weighted by Crippen LogP contribution is 2.51. The van der Waals surface area contributed by atoms with E-state index >= 15 is 0 Å².